The van der Waals surface area contributed by atoms with Crippen LogP contribution in [0.1, 0.15) is 11.6 Å². The van der Waals surface area contributed by atoms with Crippen molar-refractivity contribution in [2.24, 2.45) is 5.73 Å². The Balaban J connectivity index is 2.30. The van der Waals surface area contributed by atoms with Crippen molar-refractivity contribution in [1.29, 1.82) is 0 Å². The molecule has 0 spiro atoms. The Morgan fingerprint density at radius 2 is 2.10 bits per heavy atom. The number of benzene rings is 2. The zero-order valence-corrected chi connectivity index (χ0v) is 12.9. The lowest BCUT2D eigenvalue weighted by atomic mass is 10.1. The van der Waals surface area contributed by atoms with E-state index in [2.05, 4.69) is 21.2 Å². The molecule has 0 aliphatic heterocycles. The molecule has 1 unspecified atom stereocenters. The number of nitrogens with two attached hydrogens (primary N) is 1. The zero-order valence-electron chi connectivity index (χ0n) is 11.3. The molecule has 1 atom stereocenters. The topological polar surface area (TPSA) is 64.3 Å². The second-order valence-electron chi connectivity index (χ2n) is 4.39. The van der Waals surface area contributed by atoms with Crippen molar-refractivity contribution in [2.45, 2.75) is 6.04 Å². The lowest BCUT2D eigenvalue weighted by Crippen LogP contribution is -2.27. The van der Waals surface area contributed by atoms with Crippen LogP contribution in [0.25, 0.3) is 0 Å². The molecule has 0 fully saturated rings. The van der Waals surface area contributed by atoms with Crippen molar-refractivity contribution < 1.29 is 13.9 Å². The first kappa shape index (κ1) is 15.3. The smallest absolute Gasteiger partial charge is 0.244 e. The molecule has 0 aliphatic carbocycles. The van der Waals surface area contributed by atoms with Gasteiger partial charge in [-0.3, -0.25) is 4.79 Å². The number of anilines is 1. The summed E-state index contributed by atoms with van der Waals surface area (Å²) in [6.07, 6.45) is 0. The first-order chi connectivity index (χ1) is 10.0. The lowest BCUT2D eigenvalue weighted by Gasteiger charge is -2.18. The molecule has 0 aromatic heterocycles. The van der Waals surface area contributed by atoms with E-state index in [4.69, 9.17) is 10.5 Å². The molecule has 2 aromatic carbocycles. The number of carbonyl (C=O) groups is 1. The summed E-state index contributed by atoms with van der Waals surface area (Å²) in [5, 5.41) is 2.98. The molecule has 2 rings (SSSR count). The van der Waals surface area contributed by atoms with Gasteiger partial charge in [-0.1, -0.05) is 12.1 Å². The highest BCUT2D eigenvalue weighted by Crippen LogP contribution is 2.25. The van der Waals surface area contributed by atoms with Crippen molar-refractivity contribution in [3.05, 3.63) is 58.3 Å². The van der Waals surface area contributed by atoms with Gasteiger partial charge in [-0.25, -0.2) is 4.39 Å². The fraction of sp³-hybridized carbons (Fsp3) is 0.133. The van der Waals surface area contributed by atoms with Gasteiger partial charge in [0.25, 0.3) is 0 Å². The SMILES string of the molecule is COc1cccc(NC(C(N)=O)c2ccc(Br)c(F)c2)c1. The van der Waals surface area contributed by atoms with Crippen LogP contribution in [0, 0.1) is 5.82 Å². The molecule has 4 nitrogen and oxygen atoms in total. The van der Waals surface area contributed by atoms with Gasteiger partial charge in [0.2, 0.25) is 5.91 Å². The van der Waals surface area contributed by atoms with Crippen molar-refractivity contribution in [2.75, 3.05) is 12.4 Å². The van der Waals surface area contributed by atoms with Crippen LogP contribution in [-0.2, 0) is 4.79 Å². The molecular weight excluding hydrogens is 339 g/mol. The number of primary amides is 1. The van der Waals surface area contributed by atoms with Gasteiger partial charge < -0.3 is 15.8 Å². The number of hydrogen-bond acceptors (Lipinski definition) is 3. The van der Waals surface area contributed by atoms with Crippen LogP contribution in [-0.4, -0.2) is 13.0 Å². The van der Waals surface area contributed by atoms with Crippen molar-refractivity contribution in [3.63, 3.8) is 0 Å². The Labute approximate surface area is 130 Å². The maximum absolute atomic E-state index is 13.6. The summed E-state index contributed by atoms with van der Waals surface area (Å²) in [5.41, 5.74) is 6.51. The largest absolute Gasteiger partial charge is 0.497 e. The highest BCUT2D eigenvalue weighted by atomic mass is 79.9. The van der Waals surface area contributed by atoms with Crippen LogP contribution in [0.2, 0.25) is 0 Å². The lowest BCUT2D eigenvalue weighted by molar-refractivity contribution is -0.118. The number of methoxy groups -OCH3 is 1. The first-order valence-electron chi connectivity index (χ1n) is 6.16. The number of nitrogens with one attached hydrogen (secondary N) is 1. The van der Waals surface area contributed by atoms with E-state index in [9.17, 15) is 9.18 Å². The van der Waals surface area contributed by atoms with E-state index >= 15 is 0 Å². The summed E-state index contributed by atoms with van der Waals surface area (Å²) in [6, 6.07) is 10.7. The highest BCUT2D eigenvalue weighted by molar-refractivity contribution is 9.10. The molecule has 110 valence electrons. The third kappa shape index (κ3) is 3.72. The van der Waals surface area contributed by atoms with E-state index in [1.165, 1.54) is 12.1 Å². The second kappa shape index (κ2) is 6.58. The minimum Gasteiger partial charge on any atom is -0.497 e. The molecule has 0 saturated heterocycles. The Bertz CT molecular complexity index is 664. The molecule has 1 amide bonds. The van der Waals surface area contributed by atoms with Gasteiger partial charge in [-0.05, 0) is 45.8 Å². The molecule has 0 radical (unpaired) electrons. The van der Waals surface area contributed by atoms with Crippen LogP contribution in [0.15, 0.2) is 46.9 Å². The number of rotatable bonds is 5. The molecule has 6 heteroatoms. The summed E-state index contributed by atoms with van der Waals surface area (Å²) < 4.78 is 19.1. The average molecular weight is 353 g/mol. The molecule has 0 heterocycles. The van der Waals surface area contributed by atoms with E-state index in [1.807, 2.05) is 0 Å². The minimum absolute atomic E-state index is 0.329. The Kier molecular flexibility index (Phi) is 4.80. The normalized spacial score (nSPS) is 11.8. The van der Waals surface area contributed by atoms with Crippen LogP contribution in [0.4, 0.5) is 10.1 Å². The average Bonchev–Trinajstić information content (AvgIpc) is 2.47. The van der Waals surface area contributed by atoms with E-state index in [0.717, 1.165) is 0 Å². The Morgan fingerprint density at radius 1 is 1.33 bits per heavy atom. The molecule has 0 saturated carbocycles. The number of amides is 1. The summed E-state index contributed by atoms with van der Waals surface area (Å²) in [7, 11) is 1.55. The van der Waals surface area contributed by atoms with Crippen molar-refractivity contribution in [3.8, 4) is 5.75 Å². The molecule has 21 heavy (non-hydrogen) atoms. The number of carbonyl (C=O) groups excluding carboxylic acids is 1. The summed E-state index contributed by atoms with van der Waals surface area (Å²) in [6.45, 7) is 0. The van der Waals surface area contributed by atoms with E-state index in [-0.39, 0.29) is 0 Å². The van der Waals surface area contributed by atoms with Crippen LogP contribution >= 0.6 is 15.9 Å². The fourth-order valence-corrected chi connectivity index (χ4v) is 2.14. The zero-order chi connectivity index (χ0) is 15.4. The van der Waals surface area contributed by atoms with Crippen molar-refractivity contribution in [1.82, 2.24) is 0 Å². The van der Waals surface area contributed by atoms with E-state index in [0.29, 0.717) is 21.5 Å². The van der Waals surface area contributed by atoms with Gasteiger partial charge in [-0.15, -0.1) is 0 Å². The Morgan fingerprint density at radius 3 is 2.71 bits per heavy atom. The Hall–Kier alpha value is -2.08. The molecule has 2 aromatic rings. The van der Waals surface area contributed by atoms with Crippen molar-refractivity contribution >= 4 is 27.5 Å². The predicted octanol–water partition coefficient (Wildman–Crippen LogP) is 3.24. The monoisotopic (exact) mass is 352 g/mol. The van der Waals surface area contributed by atoms with Crippen LogP contribution in [0.3, 0.4) is 0 Å². The molecule has 0 aliphatic rings. The first-order valence-corrected chi connectivity index (χ1v) is 6.95. The third-order valence-electron chi connectivity index (χ3n) is 2.94. The second-order valence-corrected chi connectivity index (χ2v) is 5.24. The molecular formula is C15H14BrFN2O2. The number of hydrogen-bond donors (Lipinski definition) is 2. The summed E-state index contributed by atoms with van der Waals surface area (Å²) in [4.78, 5) is 11.6. The fourth-order valence-electron chi connectivity index (χ4n) is 1.89. The van der Waals surface area contributed by atoms with Gasteiger partial charge in [0.1, 0.15) is 17.6 Å². The standard InChI is InChI=1S/C15H14BrFN2O2/c1-21-11-4-2-3-10(8-11)19-14(15(18)20)9-5-6-12(16)13(17)7-9/h2-8,14,19H,1H3,(H2,18,20). The summed E-state index contributed by atoms with van der Waals surface area (Å²) in [5.74, 6) is -0.407. The number of halogens is 2. The van der Waals surface area contributed by atoms with Crippen LogP contribution < -0.4 is 15.8 Å². The van der Waals surface area contributed by atoms with Gasteiger partial charge in [0, 0.05) is 11.8 Å². The quantitative estimate of drug-likeness (QED) is 0.868. The number of ether oxygens (including phenoxy) is 1. The molecule has 0 bridgehead atoms. The van der Waals surface area contributed by atoms with E-state index in [1.54, 1.807) is 37.4 Å². The molecule has 3 N–H and O–H groups in total. The van der Waals surface area contributed by atoms with Gasteiger partial charge in [-0.2, -0.15) is 0 Å². The van der Waals surface area contributed by atoms with Gasteiger partial charge in [0.05, 0.1) is 11.6 Å². The van der Waals surface area contributed by atoms with Crippen LogP contribution in [0.5, 0.6) is 5.75 Å². The predicted molar refractivity (Wildman–Crippen MR) is 82.7 cm³/mol. The maximum Gasteiger partial charge on any atom is 0.244 e. The third-order valence-corrected chi connectivity index (χ3v) is 3.59. The minimum atomic E-state index is -0.834. The van der Waals surface area contributed by atoms with Gasteiger partial charge in [0.15, 0.2) is 0 Å². The summed E-state index contributed by atoms with van der Waals surface area (Å²) >= 11 is 3.07. The van der Waals surface area contributed by atoms with E-state index < -0.39 is 17.8 Å². The maximum atomic E-state index is 13.6. The highest BCUT2D eigenvalue weighted by Gasteiger charge is 2.19. The van der Waals surface area contributed by atoms with Gasteiger partial charge >= 0.3 is 0 Å².